The van der Waals surface area contributed by atoms with E-state index in [0.717, 1.165) is 12.2 Å². The molecule has 0 fully saturated rings. The zero-order valence-electron chi connectivity index (χ0n) is 8.57. The van der Waals surface area contributed by atoms with E-state index in [9.17, 15) is 0 Å². The normalized spacial score (nSPS) is 15.6. The summed E-state index contributed by atoms with van der Waals surface area (Å²) in [6.07, 6.45) is 0. The van der Waals surface area contributed by atoms with Gasteiger partial charge in [0, 0.05) is 5.56 Å². The van der Waals surface area contributed by atoms with Crippen molar-refractivity contribution in [3.8, 4) is 0 Å². The number of nitrogens with zero attached hydrogens (tertiary/aromatic N) is 2. The molecule has 0 atom stereocenters. The Morgan fingerprint density at radius 2 is 1.86 bits per heavy atom. The summed E-state index contributed by atoms with van der Waals surface area (Å²) < 4.78 is 0. The smallest absolute Gasteiger partial charge is 0.0938 e. The van der Waals surface area contributed by atoms with Gasteiger partial charge in [0.15, 0.2) is 0 Å². The summed E-state index contributed by atoms with van der Waals surface area (Å²) >= 11 is 0. The Hall–Kier alpha value is -1.44. The first-order valence-corrected chi connectivity index (χ1v) is 4.95. The van der Waals surface area contributed by atoms with E-state index in [2.05, 4.69) is 36.2 Å². The van der Waals surface area contributed by atoms with Crippen molar-refractivity contribution in [3.63, 3.8) is 0 Å². The number of hydrogen-bond donors (Lipinski definition) is 0. The topological polar surface area (TPSA) is 24.7 Å². The third kappa shape index (κ3) is 1.60. The van der Waals surface area contributed by atoms with Crippen LogP contribution in [-0.4, -0.2) is 6.54 Å². The highest BCUT2D eigenvalue weighted by Gasteiger charge is 2.16. The van der Waals surface area contributed by atoms with Crippen molar-refractivity contribution in [2.45, 2.75) is 13.8 Å². The summed E-state index contributed by atoms with van der Waals surface area (Å²) in [5, 5.41) is 8.31. The summed E-state index contributed by atoms with van der Waals surface area (Å²) in [6.45, 7) is 5.14. The minimum absolute atomic E-state index is 0.528. The van der Waals surface area contributed by atoms with Crippen LogP contribution in [0.15, 0.2) is 46.1 Å². The van der Waals surface area contributed by atoms with Crippen molar-refractivity contribution in [2.24, 2.45) is 16.1 Å². The minimum atomic E-state index is 0.528. The molecule has 0 saturated carbocycles. The molecule has 0 N–H and O–H groups in total. The molecule has 0 unspecified atom stereocenters. The fourth-order valence-corrected chi connectivity index (χ4v) is 1.62. The van der Waals surface area contributed by atoms with E-state index in [1.165, 1.54) is 11.1 Å². The van der Waals surface area contributed by atoms with Crippen LogP contribution in [0.4, 0.5) is 0 Å². The zero-order valence-corrected chi connectivity index (χ0v) is 8.57. The molecular formula is C12H14N2. The number of hydrogen-bond acceptors (Lipinski definition) is 2. The molecule has 0 bridgehead atoms. The second-order valence-electron chi connectivity index (χ2n) is 3.79. The maximum absolute atomic E-state index is 4.21. The molecule has 0 aromatic heterocycles. The largest absolute Gasteiger partial charge is 0.184 e. The summed E-state index contributed by atoms with van der Waals surface area (Å²) in [4.78, 5) is 0. The van der Waals surface area contributed by atoms with Gasteiger partial charge in [-0.1, -0.05) is 44.2 Å². The molecule has 0 amide bonds. The number of rotatable bonds is 2. The van der Waals surface area contributed by atoms with Crippen LogP contribution in [0.5, 0.6) is 0 Å². The maximum atomic E-state index is 4.21. The van der Waals surface area contributed by atoms with E-state index in [0.29, 0.717) is 5.92 Å². The summed E-state index contributed by atoms with van der Waals surface area (Å²) in [7, 11) is 0. The molecule has 0 spiro atoms. The molecule has 1 aromatic carbocycles. The van der Waals surface area contributed by atoms with Gasteiger partial charge in [0.1, 0.15) is 0 Å². The molecule has 0 aliphatic carbocycles. The van der Waals surface area contributed by atoms with E-state index in [-0.39, 0.29) is 0 Å². The average molecular weight is 186 g/mol. The zero-order chi connectivity index (χ0) is 9.97. The van der Waals surface area contributed by atoms with Crippen molar-refractivity contribution in [1.29, 1.82) is 0 Å². The van der Waals surface area contributed by atoms with Gasteiger partial charge in [-0.05, 0) is 11.5 Å². The lowest BCUT2D eigenvalue weighted by Crippen LogP contribution is -1.97. The highest BCUT2D eigenvalue weighted by Crippen LogP contribution is 2.29. The molecule has 72 valence electrons. The van der Waals surface area contributed by atoms with Crippen LogP contribution in [-0.2, 0) is 0 Å². The molecule has 0 saturated heterocycles. The molecule has 1 heterocycles. The van der Waals surface area contributed by atoms with Crippen LogP contribution in [0.25, 0.3) is 5.70 Å². The summed E-state index contributed by atoms with van der Waals surface area (Å²) in [5.74, 6) is 0.528. The van der Waals surface area contributed by atoms with Crippen molar-refractivity contribution in [3.05, 3.63) is 41.5 Å². The van der Waals surface area contributed by atoms with Crippen molar-refractivity contribution < 1.29 is 0 Å². The lowest BCUT2D eigenvalue weighted by molar-refractivity contribution is 0.756. The van der Waals surface area contributed by atoms with Gasteiger partial charge in [0.2, 0.25) is 0 Å². The molecular weight excluding hydrogens is 172 g/mol. The van der Waals surface area contributed by atoms with Gasteiger partial charge in [-0.2, -0.15) is 10.2 Å². The molecule has 2 heteroatoms. The van der Waals surface area contributed by atoms with Crippen LogP contribution in [0.2, 0.25) is 0 Å². The van der Waals surface area contributed by atoms with Gasteiger partial charge >= 0.3 is 0 Å². The highest BCUT2D eigenvalue weighted by molar-refractivity contribution is 5.69. The van der Waals surface area contributed by atoms with Gasteiger partial charge in [-0.25, -0.2) is 0 Å². The Labute approximate surface area is 84.4 Å². The fourth-order valence-electron chi connectivity index (χ4n) is 1.62. The van der Waals surface area contributed by atoms with Gasteiger partial charge in [0.05, 0.1) is 12.2 Å². The van der Waals surface area contributed by atoms with E-state index < -0.39 is 0 Å². The van der Waals surface area contributed by atoms with E-state index in [4.69, 9.17) is 0 Å². The van der Waals surface area contributed by atoms with Crippen LogP contribution in [0, 0.1) is 5.92 Å². The van der Waals surface area contributed by atoms with Crippen LogP contribution in [0.3, 0.4) is 0 Å². The van der Waals surface area contributed by atoms with E-state index in [1.807, 2.05) is 18.2 Å². The lowest BCUT2D eigenvalue weighted by Gasteiger charge is -2.07. The molecule has 1 aliphatic heterocycles. The SMILES string of the molecule is CC(C)C1=C(c2ccccc2)N=NC1. The first kappa shape index (κ1) is 9.13. The Morgan fingerprint density at radius 1 is 1.14 bits per heavy atom. The predicted molar refractivity (Wildman–Crippen MR) is 57.9 cm³/mol. The van der Waals surface area contributed by atoms with Crippen molar-refractivity contribution in [1.82, 2.24) is 0 Å². The third-order valence-corrected chi connectivity index (χ3v) is 2.46. The minimum Gasteiger partial charge on any atom is -0.184 e. The van der Waals surface area contributed by atoms with Crippen LogP contribution >= 0.6 is 0 Å². The molecule has 2 nitrogen and oxygen atoms in total. The molecule has 2 rings (SSSR count). The monoisotopic (exact) mass is 186 g/mol. The Kier molecular flexibility index (Phi) is 2.44. The second kappa shape index (κ2) is 3.74. The van der Waals surface area contributed by atoms with Gasteiger partial charge in [-0.15, -0.1) is 0 Å². The fraction of sp³-hybridized carbons (Fsp3) is 0.333. The van der Waals surface area contributed by atoms with Crippen LogP contribution in [0.1, 0.15) is 19.4 Å². The van der Waals surface area contributed by atoms with Gasteiger partial charge in [0.25, 0.3) is 0 Å². The first-order valence-electron chi connectivity index (χ1n) is 4.95. The maximum Gasteiger partial charge on any atom is 0.0938 e. The summed E-state index contributed by atoms with van der Waals surface area (Å²) in [6, 6.07) is 10.3. The van der Waals surface area contributed by atoms with Crippen molar-refractivity contribution >= 4 is 5.70 Å². The van der Waals surface area contributed by atoms with Gasteiger partial charge < -0.3 is 0 Å². The predicted octanol–water partition coefficient (Wildman–Crippen LogP) is 3.52. The second-order valence-corrected chi connectivity index (χ2v) is 3.79. The lowest BCUT2D eigenvalue weighted by atomic mass is 9.98. The third-order valence-electron chi connectivity index (χ3n) is 2.46. The molecule has 0 radical (unpaired) electrons. The summed E-state index contributed by atoms with van der Waals surface area (Å²) in [5.41, 5.74) is 3.59. The highest BCUT2D eigenvalue weighted by atomic mass is 15.1. The van der Waals surface area contributed by atoms with E-state index >= 15 is 0 Å². The van der Waals surface area contributed by atoms with Gasteiger partial charge in [-0.3, -0.25) is 0 Å². The quantitative estimate of drug-likeness (QED) is 0.675. The standard InChI is InChI=1S/C12H14N2/c1-9(2)11-8-13-14-12(11)10-6-4-3-5-7-10/h3-7,9H,8H2,1-2H3. The molecule has 1 aliphatic rings. The Bertz CT molecular complexity index is 375. The van der Waals surface area contributed by atoms with E-state index in [1.54, 1.807) is 0 Å². The molecule has 14 heavy (non-hydrogen) atoms. The first-order chi connectivity index (χ1) is 6.79. The van der Waals surface area contributed by atoms with Crippen molar-refractivity contribution in [2.75, 3.05) is 6.54 Å². The Morgan fingerprint density at radius 3 is 2.50 bits per heavy atom. The van der Waals surface area contributed by atoms with Crippen LogP contribution < -0.4 is 0 Å². The number of benzene rings is 1. The number of azo groups is 1. The Balaban J connectivity index is 2.42. The molecule has 1 aromatic rings. The average Bonchev–Trinajstić information content (AvgIpc) is 2.67.